The van der Waals surface area contributed by atoms with E-state index < -0.39 is 0 Å². The average Bonchev–Trinajstić information content (AvgIpc) is 2.68. The van der Waals surface area contributed by atoms with Gasteiger partial charge in [0.25, 0.3) is 0 Å². The number of aromatic nitrogens is 1. The van der Waals surface area contributed by atoms with Gasteiger partial charge in [-0.3, -0.25) is 11.3 Å². The Balaban J connectivity index is 2.08. The fourth-order valence-electron chi connectivity index (χ4n) is 2.44. The highest BCUT2D eigenvalue weighted by molar-refractivity contribution is 7.11. The van der Waals surface area contributed by atoms with Crippen LogP contribution >= 0.6 is 11.3 Å². The van der Waals surface area contributed by atoms with Crippen molar-refractivity contribution in [3.05, 3.63) is 16.1 Å². The minimum absolute atomic E-state index is 0.316. The van der Waals surface area contributed by atoms with Gasteiger partial charge in [-0.05, 0) is 25.7 Å². The molecule has 1 unspecified atom stereocenters. The van der Waals surface area contributed by atoms with E-state index in [1.54, 1.807) is 11.3 Å². The van der Waals surface area contributed by atoms with Crippen molar-refractivity contribution in [2.24, 2.45) is 11.8 Å². The molecule has 0 aliphatic heterocycles. The molecule has 84 valence electrons. The maximum absolute atomic E-state index is 5.67. The summed E-state index contributed by atoms with van der Waals surface area (Å²) in [5.74, 6) is 6.37. The summed E-state index contributed by atoms with van der Waals surface area (Å²) < 4.78 is 0. The summed E-state index contributed by atoms with van der Waals surface area (Å²) in [5, 5.41) is 1.13. The Morgan fingerprint density at radius 3 is 2.73 bits per heavy atom. The highest BCUT2D eigenvalue weighted by atomic mass is 32.1. The number of thiazole rings is 1. The Bertz CT molecular complexity index is 305. The summed E-state index contributed by atoms with van der Waals surface area (Å²) >= 11 is 1.76. The van der Waals surface area contributed by atoms with Crippen LogP contribution in [0.4, 0.5) is 0 Å². The van der Waals surface area contributed by atoms with Gasteiger partial charge in [-0.1, -0.05) is 19.3 Å². The molecule has 1 atom stereocenters. The number of nitrogens with zero attached hydrogens (tertiary/aromatic N) is 1. The van der Waals surface area contributed by atoms with E-state index in [9.17, 15) is 0 Å². The molecule has 2 rings (SSSR count). The van der Waals surface area contributed by atoms with Gasteiger partial charge in [0, 0.05) is 11.1 Å². The molecule has 0 spiro atoms. The Morgan fingerprint density at radius 2 is 2.20 bits per heavy atom. The number of hydrogen-bond acceptors (Lipinski definition) is 4. The fourth-order valence-corrected chi connectivity index (χ4v) is 3.38. The Labute approximate surface area is 95.1 Å². The first-order valence-corrected chi connectivity index (χ1v) is 6.51. The normalized spacial score (nSPS) is 20.4. The Kier molecular flexibility index (Phi) is 3.72. The van der Waals surface area contributed by atoms with Crippen molar-refractivity contribution in [2.75, 3.05) is 0 Å². The van der Waals surface area contributed by atoms with Gasteiger partial charge in [0.1, 0.15) is 0 Å². The molecule has 0 bridgehead atoms. The van der Waals surface area contributed by atoms with Crippen LogP contribution in [0.15, 0.2) is 6.20 Å². The minimum atomic E-state index is 0.316. The van der Waals surface area contributed by atoms with E-state index in [0.717, 1.165) is 5.01 Å². The van der Waals surface area contributed by atoms with Crippen LogP contribution in [0.1, 0.15) is 48.0 Å². The molecule has 4 heteroatoms. The zero-order valence-electron chi connectivity index (χ0n) is 9.20. The number of nitrogens with one attached hydrogen (secondary N) is 1. The van der Waals surface area contributed by atoms with Crippen LogP contribution in [0.5, 0.6) is 0 Å². The number of aryl methyl sites for hydroxylation is 1. The second-order valence-corrected chi connectivity index (χ2v) is 5.59. The molecule has 0 radical (unpaired) electrons. The van der Waals surface area contributed by atoms with E-state index in [2.05, 4.69) is 10.4 Å². The van der Waals surface area contributed by atoms with Gasteiger partial charge < -0.3 is 0 Å². The predicted molar refractivity (Wildman–Crippen MR) is 63.5 cm³/mol. The Hall–Kier alpha value is -0.450. The molecule has 3 nitrogen and oxygen atoms in total. The summed E-state index contributed by atoms with van der Waals surface area (Å²) in [7, 11) is 0. The van der Waals surface area contributed by atoms with Crippen molar-refractivity contribution < 1.29 is 0 Å². The molecule has 1 saturated carbocycles. The zero-order chi connectivity index (χ0) is 10.7. The average molecular weight is 225 g/mol. The van der Waals surface area contributed by atoms with Crippen LogP contribution in [0, 0.1) is 12.8 Å². The van der Waals surface area contributed by atoms with Crippen molar-refractivity contribution in [2.45, 2.75) is 45.1 Å². The highest BCUT2D eigenvalue weighted by Gasteiger charge is 2.25. The molecule has 0 amide bonds. The van der Waals surface area contributed by atoms with Crippen molar-refractivity contribution in [3.8, 4) is 0 Å². The number of hydrazine groups is 1. The number of rotatable bonds is 3. The lowest BCUT2D eigenvalue weighted by Gasteiger charge is -2.28. The van der Waals surface area contributed by atoms with E-state index in [-0.39, 0.29) is 0 Å². The zero-order valence-corrected chi connectivity index (χ0v) is 10.0. The molecular formula is C11H19N3S. The fraction of sp³-hybridized carbons (Fsp3) is 0.727. The molecule has 1 aromatic heterocycles. The van der Waals surface area contributed by atoms with Crippen LogP contribution in [0.2, 0.25) is 0 Å². The smallest absolute Gasteiger partial charge is 0.0897 e. The highest BCUT2D eigenvalue weighted by Crippen LogP contribution is 2.35. The van der Waals surface area contributed by atoms with Crippen LogP contribution in [0.3, 0.4) is 0 Å². The molecule has 1 heterocycles. The first-order chi connectivity index (χ1) is 7.31. The third-order valence-electron chi connectivity index (χ3n) is 3.25. The molecule has 0 saturated heterocycles. The third kappa shape index (κ3) is 2.56. The molecule has 1 aliphatic carbocycles. The van der Waals surface area contributed by atoms with E-state index in [1.807, 2.05) is 13.1 Å². The van der Waals surface area contributed by atoms with Gasteiger partial charge in [0.15, 0.2) is 0 Å². The van der Waals surface area contributed by atoms with Gasteiger partial charge in [-0.25, -0.2) is 4.98 Å². The van der Waals surface area contributed by atoms with Crippen LogP contribution in [0.25, 0.3) is 0 Å². The summed E-state index contributed by atoms with van der Waals surface area (Å²) in [6.45, 7) is 2.04. The van der Waals surface area contributed by atoms with Gasteiger partial charge in [-0.15, -0.1) is 11.3 Å². The van der Waals surface area contributed by atoms with Crippen molar-refractivity contribution in [3.63, 3.8) is 0 Å². The first-order valence-electron chi connectivity index (χ1n) is 5.69. The second-order valence-electron chi connectivity index (χ2n) is 4.32. The molecular weight excluding hydrogens is 206 g/mol. The van der Waals surface area contributed by atoms with Crippen LogP contribution < -0.4 is 11.3 Å². The van der Waals surface area contributed by atoms with Gasteiger partial charge >= 0.3 is 0 Å². The maximum Gasteiger partial charge on any atom is 0.0897 e. The van der Waals surface area contributed by atoms with Crippen molar-refractivity contribution >= 4 is 11.3 Å². The third-order valence-corrected chi connectivity index (χ3v) is 4.24. The Morgan fingerprint density at radius 1 is 1.47 bits per heavy atom. The monoisotopic (exact) mass is 225 g/mol. The topological polar surface area (TPSA) is 50.9 Å². The van der Waals surface area contributed by atoms with Crippen LogP contribution in [-0.2, 0) is 0 Å². The lowest BCUT2D eigenvalue weighted by molar-refractivity contribution is 0.276. The van der Waals surface area contributed by atoms with Crippen molar-refractivity contribution in [1.82, 2.24) is 10.4 Å². The van der Waals surface area contributed by atoms with E-state index >= 15 is 0 Å². The summed E-state index contributed by atoms with van der Waals surface area (Å²) in [5.41, 5.74) is 2.97. The SMILES string of the molecule is Cc1ncc(C(NN)C2CCCCC2)s1. The first kappa shape index (κ1) is 11.0. The van der Waals surface area contributed by atoms with E-state index in [4.69, 9.17) is 5.84 Å². The summed E-state index contributed by atoms with van der Waals surface area (Å²) in [6.07, 6.45) is 8.65. The summed E-state index contributed by atoms with van der Waals surface area (Å²) in [6, 6.07) is 0.316. The molecule has 1 aliphatic rings. The lowest BCUT2D eigenvalue weighted by Crippen LogP contribution is -2.34. The molecule has 15 heavy (non-hydrogen) atoms. The minimum Gasteiger partial charge on any atom is -0.271 e. The molecule has 3 N–H and O–H groups in total. The molecule has 1 aromatic rings. The van der Waals surface area contributed by atoms with E-state index in [0.29, 0.717) is 12.0 Å². The number of nitrogens with two attached hydrogens (primary N) is 1. The molecule has 1 fully saturated rings. The second kappa shape index (κ2) is 5.05. The van der Waals surface area contributed by atoms with E-state index in [1.165, 1.54) is 37.0 Å². The van der Waals surface area contributed by atoms with Gasteiger partial charge in [0.05, 0.1) is 11.0 Å². The maximum atomic E-state index is 5.67. The van der Waals surface area contributed by atoms with Crippen molar-refractivity contribution in [1.29, 1.82) is 0 Å². The largest absolute Gasteiger partial charge is 0.271 e. The van der Waals surface area contributed by atoms with Gasteiger partial charge in [0.2, 0.25) is 0 Å². The van der Waals surface area contributed by atoms with Gasteiger partial charge in [-0.2, -0.15) is 0 Å². The standard InChI is InChI=1S/C11H19N3S/c1-8-13-7-10(15-8)11(14-12)9-5-3-2-4-6-9/h7,9,11,14H,2-6,12H2,1H3. The lowest BCUT2D eigenvalue weighted by atomic mass is 9.84. The quantitative estimate of drug-likeness (QED) is 0.614. The molecule has 0 aromatic carbocycles. The summed E-state index contributed by atoms with van der Waals surface area (Å²) in [4.78, 5) is 5.60. The predicted octanol–water partition coefficient (Wildman–Crippen LogP) is 2.54. The van der Waals surface area contributed by atoms with Crippen LogP contribution in [-0.4, -0.2) is 4.98 Å². The number of hydrogen-bond donors (Lipinski definition) is 2.